The number of nitrogens with one attached hydrogen (secondary N) is 1. The van der Waals surface area contributed by atoms with Gasteiger partial charge in [0.05, 0.1) is 17.3 Å². The van der Waals surface area contributed by atoms with Crippen molar-refractivity contribution in [1.29, 1.82) is 0 Å². The first kappa shape index (κ1) is 26.4. The Morgan fingerprint density at radius 2 is 1.89 bits per heavy atom. The number of carbonyl (C=O) groups excluding carboxylic acids is 1. The van der Waals surface area contributed by atoms with Gasteiger partial charge in [-0.1, -0.05) is 23.7 Å². The maximum absolute atomic E-state index is 13.2. The molecule has 1 saturated carbocycles. The van der Waals surface area contributed by atoms with Crippen LogP contribution in [0.5, 0.6) is 0 Å². The van der Waals surface area contributed by atoms with Crippen molar-refractivity contribution in [3.63, 3.8) is 0 Å². The van der Waals surface area contributed by atoms with Gasteiger partial charge in [0.25, 0.3) is 5.91 Å². The van der Waals surface area contributed by atoms with Gasteiger partial charge in [-0.3, -0.25) is 14.4 Å². The van der Waals surface area contributed by atoms with Gasteiger partial charge in [0, 0.05) is 53.3 Å². The third-order valence-corrected chi connectivity index (χ3v) is 9.42. The molecule has 1 amide bonds. The number of thiazole rings is 1. The highest BCUT2D eigenvalue weighted by Crippen LogP contribution is 2.38. The predicted molar refractivity (Wildman–Crippen MR) is 149 cm³/mol. The summed E-state index contributed by atoms with van der Waals surface area (Å²) in [5.41, 5.74) is 3.39. The van der Waals surface area contributed by atoms with Gasteiger partial charge in [0.15, 0.2) is 5.82 Å². The number of hydrogen-bond donors (Lipinski definition) is 1. The molecule has 0 bridgehead atoms. The Morgan fingerprint density at radius 1 is 1.16 bits per heavy atom. The van der Waals surface area contributed by atoms with E-state index in [4.69, 9.17) is 21.3 Å². The average Bonchev–Trinajstić information content (AvgIpc) is 3.39. The monoisotopic (exact) mass is 541 g/mol. The van der Waals surface area contributed by atoms with Crippen molar-refractivity contribution in [2.45, 2.75) is 77.0 Å². The summed E-state index contributed by atoms with van der Waals surface area (Å²) in [5.74, 6) is 0.976. The molecule has 5 rings (SSSR count). The van der Waals surface area contributed by atoms with Crippen LogP contribution in [0.1, 0.15) is 58.4 Å². The van der Waals surface area contributed by atoms with Crippen molar-refractivity contribution in [1.82, 2.24) is 19.7 Å². The number of aromatic nitrogens is 3. The van der Waals surface area contributed by atoms with Gasteiger partial charge in [-0.15, -0.1) is 11.3 Å². The Labute approximate surface area is 228 Å². The maximum Gasteiger partial charge on any atom is 0.256 e. The largest absolute Gasteiger partial charge is 0.365 e. The maximum atomic E-state index is 13.2. The van der Waals surface area contributed by atoms with E-state index in [1.54, 1.807) is 4.68 Å². The predicted octanol–water partition coefficient (Wildman–Crippen LogP) is 5.43. The van der Waals surface area contributed by atoms with Gasteiger partial charge in [-0.05, 0) is 70.6 Å². The number of anilines is 1. The van der Waals surface area contributed by atoms with Crippen molar-refractivity contribution in [3.8, 4) is 0 Å². The second-order valence-electron chi connectivity index (χ2n) is 10.5. The van der Waals surface area contributed by atoms with E-state index < -0.39 is 6.10 Å². The smallest absolute Gasteiger partial charge is 0.256 e. The fraction of sp³-hybridized carbons (Fsp3) is 0.536. The van der Waals surface area contributed by atoms with E-state index in [0.29, 0.717) is 30.9 Å². The normalized spacial score (nSPS) is 24.8. The number of morpholine rings is 1. The fourth-order valence-corrected chi connectivity index (χ4v) is 6.76. The number of nitrogens with zero attached hydrogens (tertiary/aromatic N) is 4. The Bertz CT molecular complexity index is 1190. The van der Waals surface area contributed by atoms with Crippen molar-refractivity contribution < 1.29 is 9.53 Å². The first-order chi connectivity index (χ1) is 17.8. The number of ether oxygens (including phenoxy) is 1. The van der Waals surface area contributed by atoms with Gasteiger partial charge in [0.2, 0.25) is 0 Å². The van der Waals surface area contributed by atoms with Crippen molar-refractivity contribution >= 4 is 34.7 Å². The zero-order valence-corrected chi connectivity index (χ0v) is 23.6. The number of hydrogen-bond acceptors (Lipinski definition) is 6. The van der Waals surface area contributed by atoms with E-state index in [0.717, 1.165) is 48.5 Å². The molecule has 0 spiro atoms. The highest BCUT2D eigenvalue weighted by molar-refractivity contribution is 7.11. The van der Waals surface area contributed by atoms with E-state index in [1.807, 2.05) is 43.5 Å². The minimum atomic E-state index is -0.522. The molecule has 9 heteroatoms. The second-order valence-corrected chi connectivity index (χ2v) is 12.2. The lowest BCUT2D eigenvalue weighted by Gasteiger charge is -2.45. The topological polar surface area (TPSA) is 72.3 Å². The summed E-state index contributed by atoms with van der Waals surface area (Å²) >= 11 is 7.97. The highest BCUT2D eigenvalue weighted by atomic mass is 35.5. The van der Waals surface area contributed by atoms with Crippen LogP contribution in [0, 0.1) is 20.8 Å². The SMILES string of the molecule is Cc1nc(C2CCC(N3C[C@H](C(=O)Nc4cc(C)n(C)n4)OC[C@@H]3Cc3ccc(Cl)cc3)CC2)sc1C. The molecular formula is C28H36ClN5O2S. The molecule has 2 fully saturated rings. The van der Waals surface area contributed by atoms with Crippen LogP contribution < -0.4 is 5.32 Å². The molecule has 2 aliphatic rings. The quantitative estimate of drug-likeness (QED) is 0.450. The van der Waals surface area contributed by atoms with Crippen LogP contribution >= 0.6 is 22.9 Å². The van der Waals surface area contributed by atoms with Gasteiger partial charge in [-0.2, -0.15) is 5.10 Å². The lowest BCUT2D eigenvalue weighted by atomic mass is 9.84. The summed E-state index contributed by atoms with van der Waals surface area (Å²) in [5, 5.41) is 9.37. The minimum absolute atomic E-state index is 0.129. The van der Waals surface area contributed by atoms with Crippen LogP contribution in [-0.4, -0.2) is 56.9 Å². The third kappa shape index (κ3) is 6.08. The molecule has 1 aliphatic heterocycles. The summed E-state index contributed by atoms with van der Waals surface area (Å²) in [6.07, 6.45) is 4.82. The molecule has 0 radical (unpaired) electrons. The molecule has 3 heterocycles. The summed E-state index contributed by atoms with van der Waals surface area (Å²) in [7, 11) is 1.87. The molecule has 0 unspecified atom stereocenters. The molecule has 2 aromatic heterocycles. The first-order valence-electron chi connectivity index (χ1n) is 13.1. The van der Waals surface area contributed by atoms with Gasteiger partial charge in [0.1, 0.15) is 6.10 Å². The minimum Gasteiger partial charge on any atom is -0.365 e. The van der Waals surface area contributed by atoms with Crippen LogP contribution in [0.25, 0.3) is 0 Å². The van der Waals surface area contributed by atoms with Crippen molar-refractivity contribution in [2.24, 2.45) is 7.05 Å². The molecule has 7 nitrogen and oxygen atoms in total. The first-order valence-corrected chi connectivity index (χ1v) is 14.3. The standard InChI is InChI=1S/C28H36ClN5O2S/c1-17-13-26(32-33(17)4)31-27(35)25-15-34(24(16-36-25)14-20-5-9-22(29)10-6-20)23-11-7-21(8-12-23)28-30-18(2)19(3)37-28/h5-6,9-10,13,21,23-25H,7-8,11-12,14-16H2,1-4H3,(H,31,32,35)/t21?,23?,24-,25+/m0/s1. The zero-order valence-electron chi connectivity index (χ0n) is 22.0. The fourth-order valence-electron chi connectivity index (χ4n) is 5.55. The number of amides is 1. The Morgan fingerprint density at radius 3 is 2.51 bits per heavy atom. The van der Waals surface area contributed by atoms with Gasteiger partial charge >= 0.3 is 0 Å². The molecule has 1 N–H and O–H groups in total. The van der Waals surface area contributed by atoms with Crippen LogP contribution in [-0.2, 0) is 23.0 Å². The van der Waals surface area contributed by atoms with E-state index >= 15 is 0 Å². The number of rotatable bonds is 6. The highest BCUT2D eigenvalue weighted by Gasteiger charge is 2.38. The van der Waals surface area contributed by atoms with Crippen molar-refractivity contribution in [3.05, 3.63) is 62.2 Å². The molecule has 37 heavy (non-hydrogen) atoms. The van der Waals surface area contributed by atoms with Crippen LogP contribution in [0.3, 0.4) is 0 Å². The summed E-state index contributed by atoms with van der Waals surface area (Å²) < 4.78 is 7.92. The lowest BCUT2D eigenvalue weighted by Crippen LogP contribution is -2.57. The molecule has 1 aliphatic carbocycles. The van der Waals surface area contributed by atoms with Crippen LogP contribution in [0.2, 0.25) is 5.02 Å². The Hall–Kier alpha value is -2.26. The van der Waals surface area contributed by atoms with Crippen LogP contribution in [0.15, 0.2) is 30.3 Å². The molecule has 3 aromatic rings. The molecular weight excluding hydrogens is 506 g/mol. The number of benzene rings is 1. The average molecular weight is 542 g/mol. The van der Waals surface area contributed by atoms with Crippen molar-refractivity contribution in [2.75, 3.05) is 18.5 Å². The van der Waals surface area contributed by atoms with E-state index in [2.05, 4.69) is 41.3 Å². The van der Waals surface area contributed by atoms with Gasteiger partial charge < -0.3 is 10.1 Å². The molecule has 1 saturated heterocycles. The molecule has 2 atom stereocenters. The summed E-state index contributed by atoms with van der Waals surface area (Å²) in [4.78, 5) is 21.9. The summed E-state index contributed by atoms with van der Waals surface area (Å²) in [6, 6.07) is 10.6. The molecule has 1 aromatic carbocycles. The number of carbonyl (C=O) groups is 1. The zero-order chi connectivity index (χ0) is 26.1. The van der Waals surface area contributed by atoms with E-state index in [9.17, 15) is 4.79 Å². The summed E-state index contributed by atoms with van der Waals surface area (Å²) in [6.45, 7) is 7.34. The van der Waals surface area contributed by atoms with E-state index in [-0.39, 0.29) is 11.9 Å². The Kier molecular flexibility index (Phi) is 8.00. The van der Waals surface area contributed by atoms with E-state index in [1.165, 1.54) is 15.4 Å². The Balaban J connectivity index is 1.29. The number of aryl methyl sites for hydroxylation is 4. The van der Waals surface area contributed by atoms with Gasteiger partial charge in [-0.25, -0.2) is 4.98 Å². The number of halogens is 1. The second kappa shape index (κ2) is 11.2. The van der Waals surface area contributed by atoms with Crippen LogP contribution in [0.4, 0.5) is 5.82 Å². The lowest BCUT2D eigenvalue weighted by molar-refractivity contribution is -0.140. The molecule has 198 valence electrons. The third-order valence-electron chi connectivity index (χ3n) is 7.94.